The number of carbonyl (C=O) groups is 1. The minimum absolute atomic E-state index is 0.0240. The normalized spacial score (nSPS) is 24.5. The zero-order valence-electron chi connectivity index (χ0n) is 17.5. The Morgan fingerprint density at radius 3 is 2.52 bits per heavy atom. The quantitative estimate of drug-likeness (QED) is 0.490. The lowest BCUT2D eigenvalue weighted by Crippen LogP contribution is -2.48. The van der Waals surface area contributed by atoms with Crippen LogP contribution in [0, 0.1) is 5.92 Å². The summed E-state index contributed by atoms with van der Waals surface area (Å²) in [5.41, 5.74) is 0. The van der Waals surface area contributed by atoms with Gasteiger partial charge in [-0.3, -0.25) is 9.69 Å². The third-order valence-electron chi connectivity index (χ3n) is 5.58. The summed E-state index contributed by atoms with van der Waals surface area (Å²) in [7, 11) is 3.54. The molecule has 0 unspecified atom stereocenters. The first kappa shape index (κ1) is 22.0. The van der Waals surface area contributed by atoms with E-state index in [1.807, 2.05) is 0 Å². The van der Waals surface area contributed by atoms with Gasteiger partial charge in [-0.25, -0.2) is 4.99 Å². The molecule has 2 N–H and O–H groups in total. The number of morpholine rings is 1. The molecule has 1 saturated heterocycles. The number of nitrogens with one attached hydrogen (secondary N) is 2. The van der Waals surface area contributed by atoms with Crippen LogP contribution in [0.25, 0.3) is 0 Å². The van der Waals surface area contributed by atoms with Crippen molar-refractivity contribution in [2.45, 2.75) is 51.5 Å². The molecule has 0 spiro atoms. The van der Waals surface area contributed by atoms with Gasteiger partial charge in [-0.2, -0.15) is 0 Å². The second-order valence-corrected chi connectivity index (χ2v) is 7.98. The van der Waals surface area contributed by atoms with Crippen molar-refractivity contribution < 1.29 is 9.53 Å². The predicted octanol–water partition coefficient (Wildman–Crippen LogP) is 1.30. The number of ether oxygens (including phenoxy) is 1. The summed E-state index contributed by atoms with van der Waals surface area (Å²) in [6, 6.07) is 0.460. The molecular weight excluding hydrogens is 342 g/mol. The molecule has 2 fully saturated rings. The van der Waals surface area contributed by atoms with E-state index >= 15 is 0 Å². The summed E-state index contributed by atoms with van der Waals surface area (Å²) in [4.78, 5) is 20.4. The first-order chi connectivity index (χ1) is 13.1. The summed E-state index contributed by atoms with van der Waals surface area (Å²) >= 11 is 0. The van der Waals surface area contributed by atoms with Gasteiger partial charge in [-0.15, -0.1) is 0 Å². The highest BCUT2D eigenvalue weighted by Crippen LogP contribution is 2.27. The van der Waals surface area contributed by atoms with Crippen molar-refractivity contribution >= 4 is 11.9 Å². The lowest BCUT2D eigenvalue weighted by molar-refractivity contribution is -0.127. The van der Waals surface area contributed by atoms with Crippen LogP contribution in [0.1, 0.15) is 45.4 Å². The van der Waals surface area contributed by atoms with Gasteiger partial charge in [-0.1, -0.05) is 19.8 Å². The van der Waals surface area contributed by atoms with E-state index in [4.69, 9.17) is 4.74 Å². The molecule has 0 bridgehead atoms. The van der Waals surface area contributed by atoms with E-state index in [0.717, 1.165) is 51.3 Å². The van der Waals surface area contributed by atoms with E-state index in [0.29, 0.717) is 6.04 Å². The maximum atomic E-state index is 11.9. The van der Waals surface area contributed by atoms with Crippen LogP contribution in [0.4, 0.5) is 0 Å². The Balaban J connectivity index is 1.81. The van der Waals surface area contributed by atoms with Crippen molar-refractivity contribution in [2.24, 2.45) is 10.9 Å². The number of amides is 1. The number of carbonyl (C=O) groups excluding carboxylic acids is 1. The molecule has 1 saturated carbocycles. The van der Waals surface area contributed by atoms with E-state index in [1.54, 1.807) is 19.0 Å². The molecule has 7 heteroatoms. The highest BCUT2D eigenvalue weighted by molar-refractivity contribution is 5.84. The zero-order valence-corrected chi connectivity index (χ0v) is 17.5. The number of rotatable bonds is 8. The van der Waals surface area contributed by atoms with Crippen molar-refractivity contribution in [1.29, 1.82) is 0 Å². The van der Waals surface area contributed by atoms with E-state index < -0.39 is 0 Å². The molecule has 1 aliphatic heterocycles. The van der Waals surface area contributed by atoms with Crippen LogP contribution in [0.15, 0.2) is 4.99 Å². The minimum Gasteiger partial charge on any atom is -0.379 e. The number of hydrogen-bond donors (Lipinski definition) is 2. The highest BCUT2D eigenvalue weighted by atomic mass is 16.5. The van der Waals surface area contributed by atoms with Crippen LogP contribution >= 0.6 is 0 Å². The number of hydrogen-bond acceptors (Lipinski definition) is 4. The molecule has 0 radical (unpaired) electrons. The molecule has 0 atom stereocenters. The van der Waals surface area contributed by atoms with Crippen molar-refractivity contribution in [3.05, 3.63) is 0 Å². The zero-order chi connectivity index (χ0) is 19.5. The Labute approximate surface area is 164 Å². The molecular formula is C20H39N5O2. The molecule has 0 aromatic carbocycles. The Morgan fingerprint density at radius 2 is 1.89 bits per heavy atom. The minimum atomic E-state index is 0.0240. The fraction of sp³-hybridized carbons (Fsp3) is 0.900. The topological polar surface area (TPSA) is 69.2 Å². The van der Waals surface area contributed by atoms with Crippen LogP contribution in [-0.2, 0) is 9.53 Å². The Bertz CT molecular complexity index is 455. The molecule has 2 rings (SSSR count). The van der Waals surface area contributed by atoms with Crippen molar-refractivity contribution in [1.82, 2.24) is 20.4 Å². The first-order valence-corrected chi connectivity index (χ1v) is 10.6. The summed E-state index contributed by atoms with van der Waals surface area (Å²) in [5, 5.41) is 7.01. The number of nitrogens with zero attached hydrogens (tertiary/aromatic N) is 3. The second-order valence-electron chi connectivity index (χ2n) is 7.98. The van der Waals surface area contributed by atoms with E-state index in [1.165, 1.54) is 38.5 Å². The summed E-state index contributed by atoms with van der Waals surface area (Å²) in [6.07, 6.45) is 7.60. The van der Waals surface area contributed by atoms with Crippen LogP contribution < -0.4 is 10.6 Å². The standard InChI is InChI=1S/C20H39N5O2/c1-4-5-17-6-8-18(9-7-17)23-20(22-16-19(26)24(2)3)21-10-11-25-12-14-27-15-13-25/h17-18H,4-16H2,1-3H3,(H2,21,22,23). The fourth-order valence-corrected chi connectivity index (χ4v) is 3.79. The van der Waals surface area contributed by atoms with Gasteiger partial charge >= 0.3 is 0 Å². The van der Waals surface area contributed by atoms with E-state index in [2.05, 4.69) is 27.4 Å². The Hall–Kier alpha value is -1.34. The maximum absolute atomic E-state index is 11.9. The fourth-order valence-electron chi connectivity index (χ4n) is 3.79. The summed E-state index contributed by atoms with van der Waals surface area (Å²) in [5.74, 6) is 1.69. The van der Waals surface area contributed by atoms with Gasteiger partial charge < -0.3 is 20.3 Å². The van der Waals surface area contributed by atoms with Crippen molar-refractivity contribution in [3.8, 4) is 0 Å². The molecule has 27 heavy (non-hydrogen) atoms. The molecule has 7 nitrogen and oxygen atoms in total. The largest absolute Gasteiger partial charge is 0.379 e. The van der Waals surface area contributed by atoms with Crippen LogP contribution in [0.3, 0.4) is 0 Å². The number of likely N-dealkylation sites (N-methyl/N-ethyl adjacent to an activating group) is 1. The Kier molecular flexibility index (Phi) is 9.91. The van der Waals surface area contributed by atoms with E-state index in [9.17, 15) is 4.79 Å². The van der Waals surface area contributed by atoms with Crippen LogP contribution in [-0.4, -0.2) is 87.7 Å². The third kappa shape index (κ3) is 8.47. The van der Waals surface area contributed by atoms with Gasteiger partial charge in [0.2, 0.25) is 5.91 Å². The molecule has 156 valence electrons. The first-order valence-electron chi connectivity index (χ1n) is 10.6. The van der Waals surface area contributed by atoms with Gasteiger partial charge in [0.1, 0.15) is 6.54 Å². The summed E-state index contributed by atoms with van der Waals surface area (Å²) < 4.78 is 5.40. The average molecular weight is 382 g/mol. The van der Waals surface area contributed by atoms with Gasteiger partial charge in [0.15, 0.2) is 5.96 Å². The van der Waals surface area contributed by atoms with Gasteiger partial charge in [-0.05, 0) is 31.6 Å². The molecule has 0 aromatic rings. The van der Waals surface area contributed by atoms with Gasteiger partial charge in [0.25, 0.3) is 0 Å². The molecule has 1 amide bonds. The molecule has 1 aliphatic carbocycles. The van der Waals surface area contributed by atoms with Crippen LogP contribution in [0.5, 0.6) is 0 Å². The predicted molar refractivity (Wildman–Crippen MR) is 110 cm³/mol. The number of guanidine groups is 1. The van der Waals surface area contributed by atoms with Crippen molar-refractivity contribution in [2.75, 3.05) is 60.0 Å². The SMILES string of the molecule is CCCC1CCC(NC(=NCC(=O)N(C)C)NCCN2CCOCC2)CC1. The van der Waals surface area contributed by atoms with E-state index in [-0.39, 0.29) is 12.5 Å². The maximum Gasteiger partial charge on any atom is 0.243 e. The second kappa shape index (κ2) is 12.2. The number of aliphatic imine (C=N–C) groups is 1. The monoisotopic (exact) mass is 381 g/mol. The Morgan fingerprint density at radius 1 is 1.19 bits per heavy atom. The molecule has 2 aliphatic rings. The lowest BCUT2D eigenvalue weighted by atomic mass is 9.83. The highest BCUT2D eigenvalue weighted by Gasteiger charge is 2.21. The summed E-state index contributed by atoms with van der Waals surface area (Å²) in [6.45, 7) is 7.86. The molecule has 0 aromatic heterocycles. The third-order valence-corrected chi connectivity index (χ3v) is 5.58. The molecule has 1 heterocycles. The van der Waals surface area contributed by atoms with Crippen LogP contribution in [0.2, 0.25) is 0 Å². The van der Waals surface area contributed by atoms with Crippen molar-refractivity contribution in [3.63, 3.8) is 0 Å². The van der Waals surface area contributed by atoms with Gasteiger partial charge in [0, 0.05) is 46.3 Å². The lowest BCUT2D eigenvalue weighted by Gasteiger charge is -2.31. The smallest absolute Gasteiger partial charge is 0.243 e. The average Bonchev–Trinajstić information content (AvgIpc) is 2.68. The van der Waals surface area contributed by atoms with Gasteiger partial charge in [0.05, 0.1) is 13.2 Å².